The molecule has 0 bridgehead atoms. The first-order chi connectivity index (χ1) is 9.93. The molecule has 1 saturated heterocycles. The van der Waals surface area contributed by atoms with Crippen molar-refractivity contribution in [3.63, 3.8) is 0 Å². The van der Waals surface area contributed by atoms with Gasteiger partial charge in [0.25, 0.3) is 0 Å². The fraction of sp³-hybridized carbons (Fsp3) is 0.938. The summed E-state index contributed by atoms with van der Waals surface area (Å²) in [6.07, 6.45) is 1.10. The highest BCUT2D eigenvalue weighted by atomic mass is 127. The molecule has 22 heavy (non-hydrogen) atoms. The van der Waals surface area contributed by atoms with Crippen molar-refractivity contribution in [2.75, 3.05) is 46.8 Å². The molecule has 2 atom stereocenters. The van der Waals surface area contributed by atoms with Crippen LogP contribution >= 0.6 is 24.0 Å². The summed E-state index contributed by atoms with van der Waals surface area (Å²) in [4.78, 5) is 9.45. The van der Waals surface area contributed by atoms with Gasteiger partial charge in [-0.2, -0.15) is 0 Å². The average molecular weight is 425 g/mol. The molecule has 0 aromatic carbocycles. The highest BCUT2D eigenvalue weighted by Gasteiger charge is 2.31. The first-order valence-corrected chi connectivity index (χ1v) is 8.37. The lowest BCUT2D eigenvalue weighted by Gasteiger charge is -2.22. The molecule has 0 aromatic heterocycles. The van der Waals surface area contributed by atoms with Crippen molar-refractivity contribution in [2.45, 2.75) is 46.2 Å². The van der Waals surface area contributed by atoms with Gasteiger partial charge < -0.3 is 15.5 Å². The first-order valence-electron chi connectivity index (χ1n) is 8.37. The number of likely N-dealkylation sites (tertiary alicyclic amines) is 1. The number of aliphatic imine (C=N–C) groups is 1. The van der Waals surface area contributed by atoms with Crippen LogP contribution in [0.3, 0.4) is 0 Å². The molecule has 1 aliphatic rings. The van der Waals surface area contributed by atoms with Crippen molar-refractivity contribution in [1.82, 2.24) is 20.4 Å². The van der Waals surface area contributed by atoms with Crippen molar-refractivity contribution in [1.29, 1.82) is 0 Å². The van der Waals surface area contributed by atoms with E-state index in [4.69, 9.17) is 4.99 Å². The third kappa shape index (κ3) is 7.97. The second-order valence-corrected chi connectivity index (χ2v) is 6.69. The molecule has 0 amide bonds. The zero-order valence-corrected chi connectivity index (χ0v) is 17.6. The standard InChI is InChI=1S/C16H35N5.HI/c1-7-17-16(18-9-8-10-20(5)6)19-15-12-21(13(2)3)11-14(15)4;/h13-15H,7-12H2,1-6H3,(H2,17,18,19);1H. The maximum Gasteiger partial charge on any atom is 0.191 e. The Morgan fingerprint density at radius 1 is 1.32 bits per heavy atom. The van der Waals surface area contributed by atoms with E-state index in [9.17, 15) is 0 Å². The van der Waals surface area contributed by atoms with Crippen LogP contribution in [0.15, 0.2) is 4.99 Å². The molecule has 1 fully saturated rings. The number of halogens is 1. The van der Waals surface area contributed by atoms with E-state index in [1.165, 1.54) is 6.54 Å². The zero-order chi connectivity index (χ0) is 15.8. The summed E-state index contributed by atoms with van der Waals surface area (Å²) in [6, 6.07) is 1.12. The lowest BCUT2D eigenvalue weighted by atomic mass is 10.1. The number of nitrogens with one attached hydrogen (secondary N) is 2. The maximum atomic E-state index is 4.70. The van der Waals surface area contributed by atoms with Gasteiger partial charge in [0, 0.05) is 38.3 Å². The van der Waals surface area contributed by atoms with Crippen molar-refractivity contribution in [3.05, 3.63) is 0 Å². The highest BCUT2D eigenvalue weighted by molar-refractivity contribution is 14.0. The van der Waals surface area contributed by atoms with Gasteiger partial charge in [-0.25, -0.2) is 0 Å². The normalized spacial score (nSPS) is 23.0. The minimum Gasteiger partial charge on any atom is -0.357 e. The summed E-state index contributed by atoms with van der Waals surface area (Å²) in [6.45, 7) is 14.2. The van der Waals surface area contributed by atoms with Gasteiger partial charge in [0.15, 0.2) is 5.96 Å². The molecule has 1 aliphatic heterocycles. The Morgan fingerprint density at radius 2 is 2.00 bits per heavy atom. The second kappa shape index (κ2) is 11.5. The molecule has 2 N–H and O–H groups in total. The summed E-state index contributed by atoms with van der Waals surface area (Å²) >= 11 is 0. The molecule has 0 aliphatic carbocycles. The fourth-order valence-corrected chi connectivity index (χ4v) is 2.69. The van der Waals surface area contributed by atoms with E-state index in [1.807, 2.05) is 0 Å². The van der Waals surface area contributed by atoms with E-state index in [0.717, 1.165) is 38.6 Å². The van der Waals surface area contributed by atoms with Gasteiger partial charge in [-0.3, -0.25) is 9.89 Å². The second-order valence-electron chi connectivity index (χ2n) is 6.69. The molecular weight excluding hydrogens is 389 g/mol. The van der Waals surface area contributed by atoms with Crippen molar-refractivity contribution >= 4 is 29.9 Å². The lowest BCUT2D eigenvalue weighted by molar-refractivity contribution is 0.265. The number of hydrogen-bond donors (Lipinski definition) is 2. The van der Waals surface area contributed by atoms with Crippen molar-refractivity contribution < 1.29 is 0 Å². The molecule has 6 heteroatoms. The van der Waals surface area contributed by atoms with Crippen LogP contribution in [0, 0.1) is 5.92 Å². The van der Waals surface area contributed by atoms with Crippen LogP contribution < -0.4 is 10.6 Å². The fourth-order valence-electron chi connectivity index (χ4n) is 2.69. The predicted octanol–water partition coefficient (Wildman–Crippen LogP) is 1.84. The van der Waals surface area contributed by atoms with E-state index in [0.29, 0.717) is 18.0 Å². The van der Waals surface area contributed by atoms with Gasteiger partial charge in [0.05, 0.1) is 0 Å². The van der Waals surface area contributed by atoms with Gasteiger partial charge in [0.2, 0.25) is 0 Å². The number of nitrogens with zero attached hydrogens (tertiary/aromatic N) is 3. The Bertz CT molecular complexity index is 320. The van der Waals surface area contributed by atoms with E-state index >= 15 is 0 Å². The summed E-state index contributed by atoms with van der Waals surface area (Å²) < 4.78 is 0. The molecule has 0 spiro atoms. The smallest absolute Gasteiger partial charge is 0.191 e. The Hall–Kier alpha value is -0.0800. The Kier molecular flexibility index (Phi) is 11.4. The molecule has 5 nitrogen and oxygen atoms in total. The third-order valence-corrected chi connectivity index (χ3v) is 4.07. The first kappa shape index (κ1) is 21.9. The van der Waals surface area contributed by atoms with E-state index in [-0.39, 0.29) is 24.0 Å². The topological polar surface area (TPSA) is 42.9 Å². The quantitative estimate of drug-likeness (QED) is 0.283. The molecule has 0 saturated carbocycles. The molecule has 1 heterocycles. The third-order valence-electron chi connectivity index (χ3n) is 4.07. The Morgan fingerprint density at radius 3 is 2.50 bits per heavy atom. The number of guanidine groups is 1. The number of hydrogen-bond acceptors (Lipinski definition) is 3. The Labute approximate surface area is 154 Å². The SMILES string of the molecule is CCNC(=NCCCN(C)C)NC1CN(C(C)C)CC1C.I. The lowest BCUT2D eigenvalue weighted by Crippen LogP contribution is -2.46. The van der Waals surface area contributed by atoms with Crippen LogP contribution in [0.25, 0.3) is 0 Å². The van der Waals surface area contributed by atoms with Crippen LogP contribution in [-0.2, 0) is 0 Å². The van der Waals surface area contributed by atoms with Gasteiger partial charge >= 0.3 is 0 Å². The van der Waals surface area contributed by atoms with Crippen LogP contribution in [0.1, 0.15) is 34.1 Å². The van der Waals surface area contributed by atoms with E-state index < -0.39 is 0 Å². The Balaban J connectivity index is 0.00000441. The van der Waals surface area contributed by atoms with Gasteiger partial charge in [-0.15, -0.1) is 24.0 Å². The maximum absolute atomic E-state index is 4.70. The van der Waals surface area contributed by atoms with Gasteiger partial charge in [0.1, 0.15) is 0 Å². The molecular formula is C16H36IN5. The molecule has 0 radical (unpaired) electrons. The van der Waals surface area contributed by atoms with Crippen LogP contribution in [0.2, 0.25) is 0 Å². The monoisotopic (exact) mass is 425 g/mol. The predicted molar refractivity (Wildman–Crippen MR) is 107 cm³/mol. The van der Waals surface area contributed by atoms with Crippen molar-refractivity contribution in [3.8, 4) is 0 Å². The van der Waals surface area contributed by atoms with Gasteiger partial charge in [-0.05, 0) is 53.8 Å². The summed E-state index contributed by atoms with van der Waals surface area (Å²) in [5.41, 5.74) is 0. The van der Waals surface area contributed by atoms with E-state index in [2.05, 4.69) is 62.2 Å². The minimum atomic E-state index is 0. The van der Waals surface area contributed by atoms with Crippen LogP contribution in [0.5, 0.6) is 0 Å². The molecule has 2 unspecified atom stereocenters. The summed E-state index contributed by atoms with van der Waals surface area (Å²) in [5.74, 6) is 1.64. The molecule has 1 rings (SSSR count). The minimum absolute atomic E-state index is 0. The molecule has 132 valence electrons. The van der Waals surface area contributed by atoms with Crippen molar-refractivity contribution in [2.24, 2.45) is 10.9 Å². The zero-order valence-electron chi connectivity index (χ0n) is 15.2. The summed E-state index contributed by atoms with van der Waals surface area (Å²) in [5, 5.41) is 6.99. The summed E-state index contributed by atoms with van der Waals surface area (Å²) in [7, 11) is 4.21. The van der Waals surface area contributed by atoms with E-state index in [1.54, 1.807) is 0 Å². The van der Waals surface area contributed by atoms with Gasteiger partial charge in [-0.1, -0.05) is 6.92 Å². The van der Waals surface area contributed by atoms with Crippen LogP contribution in [-0.4, -0.2) is 74.7 Å². The largest absolute Gasteiger partial charge is 0.357 e. The van der Waals surface area contributed by atoms with Crippen LogP contribution in [0.4, 0.5) is 0 Å². The average Bonchev–Trinajstić information content (AvgIpc) is 2.76. The molecule has 0 aromatic rings. The number of rotatable bonds is 7. The highest BCUT2D eigenvalue weighted by Crippen LogP contribution is 2.18.